The number of anilines is 1. The zero-order valence-electron chi connectivity index (χ0n) is 62.0. The van der Waals surface area contributed by atoms with Gasteiger partial charge in [-0.05, 0) is 90.3 Å². The molecule has 1 saturated heterocycles. The van der Waals surface area contributed by atoms with Crippen molar-refractivity contribution in [2.75, 3.05) is 145 Å². The Hall–Kier alpha value is -8.96. The van der Waals surface area contributed by atoms with Gasteiger partial charge in [-0.2, -0.15) is 0 Å². The SMILES string of the molecule is COc1cc2c(cc1OCCCOc1cc3c(cc1OC)CN1C=C(c4ccc5c(c4)OCO5)C[C@H]1C=N3)N=C[C@@H]1CC(c3ccc(NC(=O)[C@H](C)CC(=O)C(NC(=O)CCCCCOCCOCCOCCOCCOCCOCCOCCNC(=O)CCN4C(=O)CC(C)C4=O)C(C)C)cc3)=CN1C2. The number of ether oxygens (including phenoxy) is 13. The van der Waals surface area contributed by atoms with Gasteiger partial charge in [0.05, 0.1) is 143 Å². The zero-order chi connectivity index (χ0) is 74.6. The second-order valence-electron chi connectivity index (χ2n) is 27.2. The van der Waals surface area contributed by atoms with E-state index >= 15 is 0 Å². The number of fused-ring (bicyclic) bond motifs is 5. The lowest BCUT2D eigenvalue weighted by Crippen LogP contribution is -2.45. The first kappa shape index (κ1) is 79.6. The minimum Gasteiger partial charge on any atom is -0.493 e. The molecule has 0 aromatic heterocycles. The second-order valence-corrected chi connectivity index (χ2v) is 27.2. The molecule has 6 aliphatic heterocycles. The van der Waals surface area contributed by atoms with Crippen LogP contribution < -0.4 is 44.4 Å². The summed E-state index contributed by atoms with van der Waals surface area (Å²) < 4.78 is 74.2. The second kappa shape index (κ2) is 41.2. The average Bonchev–Trinajstić information content (AvgIpc) is 1.64. The molecule has 27 nitrogen and oxygen atoms in total. The number of carbonyl (C=O) groups is 6. The van der Waals surface area contributed by atoms with Crippen molar-refractivity contribution in [3.05, 3.63) is 101 Å². The molecule has 3 N–H and O–H groups in total. The number of unbranched alkanes of at least 4 members (excludes halogenated alkanes) is 2. The van der Waals surface area contributed by atoms with Gasteiger partial charge >= 0.3 is 0 Å². The highest BCUT2D eigenvalue weighted by Gasteiger charge is 2.36. The third-order valence-electron chi connectivity index (χ3n) is 18.9. The highest BCUT2D eigenvalue weighted by Crippen LogP contribution is 2.43. The minimum atomic E-state index is -0.704. The van der Waals surface area contributed by atoms with E-state index in [-0.39, 0.29) is 98.3 Å². The number of aliphatic imine (C=N–C) groups is 2. The summed E-state index contributed by atoms with van der Waals surface area (Å²) in [4.78, 5) is 91.4. The molecule has 5 amide bonds. The topological polar surface area (TPSA) is 293 Å². The molecule has 0 radical (unpaired) electrons. The van der Waals surface area contributed by atoms with E-state index in [1.165, 1.54) is 5.57 Å². The predicted molar refractivity (Wildman–Crippen MR) is 397 cm³/mol. The van der Waals surface area contributed by atoms with Gasteiger partial charge in [0.25, 0.3) is 0 Å². The van der Waals surface area contributed by atoms with Crippen molar-refractivity contribution in [3.8, 4) is 34.5 Å². The van der Waals surface area contributed by atoms with Crippen LogP contribution in [0.25, 0.3) is 11.1 Å². The summed E-state index contributed by atoms with van der Waals surface area (Å²) in [6.07, 6.45) is 13.3. The molecule has 0 aliphatic carbocycles. The number of hydrogen-bond acceptors (Lipinski definition) is 23. The maximum atomic E-state index is 13.6. The quantitative estimate of drug-likeness (QED) is 0.0274. The Bertz CT molecular complexity index is 3730. The summed E-state index contributed by atoms with van der Waals surface area (Å²) >= 11 is 0. The van der Waals surface area contributed by atoms with Gasteiger partial charge in [-0.25, -0.2) is 0 Å². The number of amides is 5. The van der Waals surface area contributed by atoms with Crippen molar-refractivity contribution < 1.29 is 90.3 Å². The zero-order valence-corrected chi connectivity index (χ0v) is 62.0. The van der Waals surface area contributed by atoms with Gasteiger partial charge in [-0.15, -0.1) is 0 Å². The Morgan fingerprint density at radius 3 is 1.62 bits per heavy atom. The van der Waals surface area contributed by atoms with Gasteiger partial charge in [0, 0.05) is 131 Å². The summed E-state index contributed by atoms with van der Waals surface area (Å²) in [7, 11) is 3.29. The van der Waals surface area contributed by atoms with Gasteiger partial charge in [-0.1, -0.05) is 52.3 Å². The molecule has 5 atom stereocenters. The number of likely N-dealkylation sites (tertiary alicyclic amines) is 1. The third kappa shape index (κ3) is 23.5. The minimum absolute atomic E-state index is 0.0125. The van der Waals surface area contributed by atoms with Crippen molar-refractivity contribution >= 4 is 76.0 Å². The first-order chi connectivity index (χ1) is 51.6. The molecule has 574 valence electrons. The normalized spacial score (nSPS) is 17.4. The Kier molecular flexibility index (Phi) is 31.0. The van der Waals surface area contributed by atoms with E-state index in [9.17, 15) is 28.8 Å². The predicted octanol–water partition coefficient (Wildman–Crippen LogP) is 9.20. The van der Waals surface area contributed by atoms with E-state index in [0.29, 0.717) is 167 Å². The van der Waals surface area contributed by atoms with Crippen LogP contribution in [0.5, 0.6) is 34.5 Å². The molecule has 0 spiro atoms. The van der Waals surface area contributed by atoms with E-state index in [4.69, 9.17) is 71.6 Å². The molecule has 0 bridgehead atoms. The molecule has 1 fully saturated rings. The maximum absolute atomic E-state index is 13.6. The van der Waals surface area contributed by atoms with Crippen molar-refractivity contribution in [2.24, 2.45) is 27.7 Å². The van der Waals surface area contributed by atoms with E-state index < -0.39 is 12.0 Å². The third-order valence-corrected chi connectivity index (χ3v) is 18.9. The number of Topliss-reactive ketones (excluding diaryl/α,β-unsaturated/α-hetero) is 1. The molecule has 27 heteroatoms. The van der Waals surface area contributed by atoms with Crippen LogP contribution in [0.2, 0.25) is 0 Å². The first-order valence-electron chi connectivity index (χ1n) is 37.1. The number of methoxy groups -OCH3 is 2. The van der Waals surface area contributed by atoms with Crippen LogP contribution in [0, 0.1) is 17.8 Å². The number of carbonyl (C=O) groups excluding carboxylic acids is 6. The van der Waals surface area contributed by atoms with Crippen LogP contribution >= 0.6 is 0 Å². The Morgan fingerprint density at radius 1 is 0.557 bits per heavy atom. The maximum Gasteiger partial charge on any atom is 0.232 e. The standard InChI is InChI=1S/C79H104N8O19/c1-53(2)77(84-75(90)11-8-7-9-21-96-25-27-98-29-31-100-33-35-102-36-34-101-32-30-99-28-26-97-24-19-80-74(89)18-20-87-76(91)38-55(4)79(87)93)67(88)37-54(3)78(92)83-62-15-12-56(13-16-62)58-39-63-46-81-65-44-72(69(94-5)42-60(65)50-85(63)48-58)103-22-10-23-104-73-45-66-61(43-70(73)95-6)51-86-49-59(40-64(86)47-82-66)57-14-17-68-71(41-57)106-52-105-68/h12-17,41-49,53-55,63-64,77H,7-11,18-40,50-52H2,1-6H3,(H,80,89)(H,83,92)(H,84,90)/t54-,55?,63+,64+,77?/m1/s1. The highest BCUT2D eigenvalue weighted by atomic mass is 16.7. The fourth-order valence-corrected chi connectivity index (χ4v) is 13.0. The van der Waals surface area contributed by atoms with Crippen molar-refractivity contribution in [1.82, 2.24) is 25.3 Å². The van der Waals surface area contributed by atoms with Crippen LogP contribution in [0.4, 0.5) is 17.1 Å². The number of benzene rings is 4. The van der Waals surface area contributed by atoms with Crippen LogP contribution in [-0.4, -0.2) is 220 Å². The smallest absolute Gasteiger partial charge is 0.232 e. The number of nitrogens with zero attached hydrogens (tertiary/aromatic N) is 5. The van der Waals surface area contributed by atoms with Gasteiger partial charge < -0.3 is 87.3 Å². The summed E-state index contributed by atoms with van der Waals surface area (Å²) in [6.45, 7) is 15.9. The van der Waals surface area contributed by atoms with E-state index in [2.05, 4.69) is 44.2 Å². The molecular weight excluding hydrogens is 1360 g/mol. The number of rotatable bonds is 47. The summed E-state index contributed by atoms with van der Waals surface area (Å²) in [5.74, 6) is 1.60. The van der Waals surface area contributed by atoms with Gasteiger partial charge in [0.2, 0.25) is 36.3 Å². The molecule has 4 aromatic carbocycles. The van der Waals surface area contributed by atoms with E-state index in [1.54, 1.807) is 28.1 Å². The van der Waals surface area contributed by atoms with Crippen LogP contribution in [0.1, 0.15) is 114 Å². The Morgan fingerprint density at radius 2 is 1.08 bits per heavy atom. The number of ketones is 1. The van der Waals surface area contributed by atoms with Crippen LogP contribution in [0.15, 0.2) is 89.1 Å². The summed E-state index contributed by atoms with van der Waals surface area (Å²) in [6, 6.07) is 21.2. The Labute approximate surface area is 620 Å². The monoisotopic (exact) mass is 1470 g/mol. The lowest BCUT2D eigenvalue weighted by Gasteiger charge is -2.23. The van der Waals surface area contributed by atoms with E-state index in [1.807, 2.05) is 86.9 Å². The largest absolute Gasteiger partial charge is 0.493 e. The Balaban J connectivity index is 0.525. The van der Waals surface area contributed by atoms with Gasteiger partial charge in [0.15, 0.2) is 40.3 Å². The number of nitrogens with one attached hydrogen (secondary N) is 3. The van der Waals surface area contributed by atoms with Crippen LogP contribution in [0.3, 0.4) is 0 Å². The number of hydrogen-bond donors (Lipinski definition) is 3. The number of imide groups is 1. The molecule has 6 aliphatic rings. The molecule has 6 heterocycles. The summed E-state index contributed by atoms with van der Waals surface area (Å²) in [5, 5.41) is 8.64. The lowest BCUT2D eigenvalue weighted by molar-refractivity contribution is -0.139. The van der Waals surface area contributed by atoms with E-state index in [0.717, 1.165) is 81.3 Å². The fraction of sp³-hybridized carbons (Fsp3) is 0.544. The molecule has 106 heavy (non-hydrogen) atoms. The first-order valence-corrected chi connectivity index (χ1v) is 37.1. The summed E-state index contributed by atoms with van der Waals surface area (Å²) in [5.41, 5.74) is 8.87. The van der Waals surface area contributed by atoms with Gasteiger partial charge in [0.1, 0.15) is 0 Å². The average molecular weight is 1470 g/mol. The van der Waals surface area contributed by atoms with Crippen molar-refractivity contribution in [2.45, 2.75) is 123 Å². The molecular formula is C79H104N8O19. The molecule has 2 unspecified atom stereocenters. The molecule has 4 aromatic rings. The molecule has 0 saturated carbocycles. The van der Waals surface area contributed by atoms with Crippen molar-refractivity contribution in [3.63, 3.8) is 0 Å². The fourth-order valence-electron chi connectivity index (χ4n) is 13.0. The lowest BCUT2D eigenvalue weighted by atomic mass is 9.92. The van der Waals surface area contributed by atoms with Crippen LogP contribution in [-0.2, 0) is 75.0 Å². The molecule has 10 rings (SSSR count). The van der Waals surface area contributed by atoms with Crippen molar-refractivity contribution in [1.29, 1.82) is 0 Å². The van der Waals surface area contributed by atoms with Gasteiger partial charge in [-0.3, -0.25) is 43.7 Å². The highest BCUT2D eigenvalue weighted by molar-refractivity contribution is 6.03.